The first-order chi connectivity index (χ1) is 7.65. The summed E-state index contributed by atoms with van der Waals surface area (Å²) < 4.78 is 6.40. The summed E-state index contributed by atoms with van der Waals surface area (Å²) in [4.78, 5) is 15.7. The van der Waals surface area contributed by atoms with Gasteiger partial charge >= 0.3 is 0 Å². The third-order valence-corrected chi connectivity index (χ3v) is 2.97. The average molecular weight is 336 g/mol. The fraction of sp³-hybridized carbons (Fsp3) is 0.636. The first-order valence-corrected chi connectivity index (χ1v) is 6.96. The summed E-state index contributed by atoms with van der Waals surface area (Å²) in [5.74, 6) is 0.714. The minimum absolute atomic E-state index is 0.160. The van der Waals surface area contributed by atoms with Crippen LogP contribution in [0, 0.1) is 13.8 Å². The molecule has 90 valence electrons. The molecule has 4 nitrogen and oxygen atoms in total. The zero-order valence-electron chi connectivity index (χ0n) is 9.68. The highest BCUT2D eigenvalue weighted by molar-refractivity contribution is 14.1. The quantitative estimate of drug-likeness (QED) is 0.494. The van der Waals surface area contributed by atoms with Gasteiger partial charge in [0.1, 0.15) is 0 Å². The molecule has 16 heavy (non-hydrogen) atoms. The van der Waals surface area contributed by atoms with Gasteiger partial charge < -0.3 is 9.73 Å². The second kappa shape index (κ2) is 6.88. The molecule has 1 aromatic heterocycles. The van der Waals surface area contributed by atoms with Crippen LogP contribution < -0.4 is 5.32 Å². The molecule has 0 saturated carbocycles. The van der Waals surface area contributed by atoms with Crippen LogP contribution in [0.15, 0.2) is 4.42 Å². The first kappa shape index (κ1) is 13.5. The summed E-state index contributed by atoms with van der Waals surface area (Å²) in [5, 5.41) is 2.84. The smallest absolute Gasteiger partial charge is 0.289 e. The van der Waals surface area contributed by atoms with Gasteiger partial charge in [0.15, 0.2) is 5.89 Å². The molecule has 0 aromatic carbocycles. The van der Waals surface area contributed by atoms with Gasteiger partial charge in [-0.15, -0.1) is 0 Å². The molecule has 5 heteroatoms. The maximum absolute atomic E-state index is 11.7. The van der Waals surface area contributed by atoms with E-state index in [1.54, 1.807) is 13.8 Å². The van der Waals surface area contributed by atoms with E-state index in [1.165, 1.54) is 10.8 Å². The lowest BCUT2D eigenvalue weighted by Crippen LogP contribution is -2.24. The summed E-state index contributed by atoms with van der Waals surface area (Å²) in [5.41, 5.74) is 0.655. The van der Waals surface area contributed by atoms with Gasteiger partial charge in [0.2, 0.25) is 5.76 Å². The SMILES string of the molecule is Cc1nc(C)c(C(=O)NCCCCCI)o1. The Kier molecular flexibility index (Phi) is 5.79. The van der Waals surface area contributed by atoms with Crippen LogP contribution in [0.2, 0.25) is 0 Å². The van der Waals surface area contributed by atoms with Crippen molar-refractivity contribution in [2.75, 3.05) is 11.0 Å². The molecule has 0 aliphatic heterocycles. The monoisotopic (exact) mass is 336 g/mol. The van der Waals surface area contributed by atoms with Crippen molar-refractivity contribution in [1.82, 2.24) is 10.3 Å². The molecule has 1 rings (SSSR count). The fourth-order valence-corrected chi connectivity index (χ4v) is 1.96. The van der Waals surface area contributed by atoms with Crippen LogP contribution in [-0.4, -0.2) is 21.9 Å². The van der Waals surface area contributed by atoms with E-state index in [4.69, 9.17) is 4.42 Å². The summed E-state index contributed by atoms with van der Waals surface area (Å²) in [6.07, 6.45) is 3.37. The summed E-state index contributed by atoms with van der Waals surface area (Å²) >= 11 is 2.36. The molecule has 0 bridgehead atoms. The molecule has 1 heterocycles. The molecule has 0 saturated heterocycles. The highest BCUT2D eigenvalue weighted by Gasteiger charge is 2.14. The Labute approximate surface area is 109 Å². The van der Waals surface area contributed by atoms with E-state index in [0.717, 1.165) is 12.8 Å². The van der Waals surface area contributed by atoms with Crippen molar-refractivity contribution in [3.05, 3.63) is 17.3 Å². The molecule has 1 aromatic rings. The highest BCUT2D eigenvalue weighted by Crippen LogP contribution is 2.08. The first-order valence-electron chi connectivity index (χ1n) is 5.43. The number of carbonyl (C=O) groups is 1. The molecule has 0 radical (unpaired) electrons. The van der Waals surface area contributed by atoms with Crippen molar-refractivity contribution < 1.29 is 9.21 Å². The van der Waals surface area contributed by atoms with Gasteiger partial charge in [0.25, 0.3) is 5.91 Å². The zero-order valence-corrected chi connectivity index (χ0v) is 11.8. The lowest BCUT2D eigenvalue weighted by Gasteiger charge is -2.02. The van der Waals surface area contributed by atoms with Gasteiger partial charge in [-0.1, -0.05) is 29.0 Å². The number of unbranched alkanes of at least 4 members (excludes halogenated alkanes) is 2. The van der Waals surface area contributed by atoms with Crippen LogP contribution in [0.1, 0.15) is 41.4 Å². The molecule has 0 aliphatic rings. The molecule has 0 fully saturated rings. The molecule has 0 spiro atoms. The number of alkyl halides is 1. The molecular weight excluding hydrogens is 319 g/mol. The Balaban J connectivity index is 2.33. The topological polar surface area (TPSA) is 55.1 Å². The Morgan fingerprint density at radius 2 is 2.12 bits per heavy atom. The van der Waals surface area contributed by atoms with Gasteiger partial charge in [0.05, 0.1) is 5.69 Å². The van der Waals surface area contributed by atoms with Crippen molar-refractivity contribution >= 4 is 28.5 Å². The Morgan fingerprint density at radius 3 is 2.69 bits per heavy atom. The third kappa shape index (κ3) is 4.11. The number of aryl methyl sites for hydroxylation is 2. The highest BCUT2D eigenvalue weighted by atomic mass is 127. The number of hydrogen-bond acceptors (Lipinski definition) is 3. The summed E-state index contributed by atoms with van der Waals surface area (Å²) in [7, 11) is 0. The number of hydrogen-bond donors (Lipinski definition) is 1. The van der Waals surface area contributed by atoms with E-state index in [1.807, 2.05) is 0 Å². The molecule has 1 N–H and O–H groups in total. The van der Waals surface area contributed by atoms with Crippen LogP contribution >= 0.6 is 22.6 Å². The fourth-order valence-electron chi connectivity index (χ4n) is 1.42. The largest absolute Gasteiger partial charge is 0.436 e. The lowest BCUT2D eigenvalue weighted by atomic mass is 10.2. The number of carbonyl (C=O) groups excluding carboxylic acids is 1. The van der Waals surface area contributed by atoms with Gasteiger partial charge in [-0.05, 0) is 24.2 Å². The van der Waals surface area contributed by atoms with Crippen LogP contribution in [-0.2, 0) is 0 Å². The number of rotatable bonds is 6. The molecule has 0 aliphatic carbocycles. The standard InChI is InChI=1S/C11H17IN2O2/c1-8-10(16-9(2)14-8)11(15)13-7-5-3-4-6-12/h3-7H2,1-2H3,(H,13,15). The number of nitrogens with one attached hydrogen (secondary N) is 1. The van der Waals surface area contributed by atoms with E-state index in [-0.39, 0.29) is 5.91 Å². The third-order valence-electron chi connectivity index (χ3n) is 2.21. The number of amides is 1. The number of aromatic nitrogens is 1. The molecular formula is C11H17IN2O2. The van der Waals surface area contributed by atoms with Crippen LogP contribution in [0.25, 0.3) is 0 Å². The van der Waals surface area contributed by atoms with Crippen molar-refractivity contribution in [3.8, 4) is 0 Å². The summed E-state index contributed by atoms with van der Waals surface area (Å²) in [6.45, 7) is 4.22. The number of oxazole rings is 1. The van der Waals surface area contributed by atoms with E-state index in [2.05, 4.69) is 32.9 Å². The lowest BCUT2D eigenvalue weighted by molar-refractivity contribution is 0.0923. The average Bonchev–Trinajstić information content (AvgIpc) is 2.57. The van der Waals surface area contributed by atoms with Gasteiger partial charge in [0, 0.05) is 13.5 Å². The van der Waals surface area contributed by atoms with Crippen molar-refractivity contribution in [2.45, 2.75) is 33.1 Å². The van der Waals surface area contributed by atoms with Crippen molar-refractivity contribution in [3.63, 3.8) is 0 Å². The Morgan fingerprint density at radius 1 is 1.38 bits per heavy atom. The summed E-state index contributed by atoms with van der Waals surface area (Å²) in [6, 6.07) is 0. The maximum Gasteiger partial charge on any atom is 0.289 e. The maximum atomic E-state index is 11.7. The van der Waals surface area contributed by atoms with E-state index in [9.17, 15) is 4.79 Å². The predicted molar refractivity (Wildman–Crippen MR) is 71.0 cm³/mol. The Hall–Kier alpha value is -0.590. The number of halogens is 1. The Bertz CT molecular complexity index is 350. The zero-order chi connectivity index (χ0) is 12.0. The van der Waals surface area contributed by atoms with E-state index in [0.29, 0.717) is 23.9 Å². The van der Waals surface area contributed by atoms with Gasteiger partial charge in [-0.2, -0.15) is 0 Å². The second-order valence-corrected chi connectivity index (χ2v) is 4.73. The van der Waals surface area contributed by atoms with Crippen LogP contribution in [0.3, 0.4) is 0 Å². The predicted octanol–water partition coefficient (Wildman–Crippen LogP) is 2.63. The van der Waals surface area contributed by atoms with Crippen LogP contribution in [0.5, 0.6) is 0 Å². The van der Waals surface area contributed by atoms with E-state index < -0.39 is 0 Å². The minimum Gasteiger partial charge on any atom is -0.436 e. The normalized spacial score (nSPS) is 10.4. The molecule has 0 unspecified atom stereocenters. The molecule has 0 atom stereocenters. The van der Waals surface area contributed by atoms with E-state index >= 15 is 0 Å². The van der Waals surface area contributed by atoms with Gasteiger partial charge in [-0.25, -0.2) is 4.98 Å². The van der Waals surface area contributed by atoms with Crippen molar-refractivity contribution in [1.29, 1.82) is 0 Å². The van der Waals surface area contributed by atoms with Crippen LogP contribution in [0.4, 0.5) is 0 Å². The molecule has 1 amide bonds. The number of nitrogens with zero attached hydrogens (tertiary/aromatic N) is 1. The van der Waals surface area contributed by atoms with Crippen molar-refractivity contribution in [2.24, 2.45) is 0 Å². The minimum atomic E-state index is -0.160. The second-order valence-electron chi connectivity index (χ2n) is 3.65. The van der Waals surface area contributed by atoms with Gasteiger partial charge in [-0.3, -0.25) is 4.79 Å².